The van der Waals surface area contributed by atoms with E-state index in [2.05, 4.69) is 5.43 Å². The number of hydrazine groups is 1. The molecule has 2 aromatic rings. The second-order valence-corrected chi connectivity index (χ2v) is 7.47. The molecule has 2 aliphatic heterocycles. The van der Waals surface area contributed by atoms with Crippen molar-refractivity contribution in [3.8, 4) is 17.2 Å². The number of likely N-dealkylation sites (N-methyl/N-ethyl adjacent to an activating group) is 1. The Kier molecular flexibility index (Phi) is 5.81. The van der Waals surface area contributed by atoms with Crippen molar-refractivity contribution in [1.82, 2.24) is 9.91 Å². The second kappa shape index (κ2) is 8.56. The molecular formula is C22H25N3O7. The van der Waals surface area contributed by atoms with Crippen LogP contribution < -0.4 is 19.6 Å². The second-order valence-electron chi connectivity index (χ2n) is 7.47. The third-order valence-electron chi connectivity index (χ3n) is 5.76. The zero-order valence-corrected chi connectivity index (χ0v) is 18.1. The van der Waals surface area contributed by atoms with Gasteiger partial charge in [-0.15, -0.1) is 0 Å². The van der Waals surface area contributed by atoms with Gasteiger partial charge in [0.25, 0.3) is 0 Å². The summed E-state index contributed by atoms with van der Waals surface area (Å²) >= 11 is 0. The average Bonchev–Trinajstić information content (AvgIpc) is 3.42. The Balaban J connectivity index is 1.76. The lowest BCUT2D eigenvalue weighted by molar-refractivity contribution is -0.138. The third-order valence-corrected chi connectivity index (χ3v) is 5.76. The number of nitrogens with zero attached hydrogens (tertiary/aromatic N) is 2. The van der Waals surface area contributed by atoms with Crippen LogP contribution in [0.2, 0.25) is 0 Å². The summed E-state index contributed by atoms with van der Waals surface area (Å²) in [5.41, 5.74) is 3.70. The van der Waals surface area contributed by atoms with Crippen LogP contribution in [-0.4, -0.2) is 67.3 Å². The minimum atomic E-state index is -1.09. The number of likely N-dealkylation sites (tertiary alicyclic amines) is 1. The van der Waals surface area contributed by atoms with Crippen molar-refractivity contribution in [2.75, 3.05) is 33.8 Å². The fraction of sp³-hybridized carbons (Fsp3) is 0.364. The zero-order chi connectivity index (χ0) is 23.0. The molecule has 1 aromatic heterocycles. The number of ether oxygens (including phenoxy) is 3. The number of imide groups is 1. The molecule has 1 aromatic carbocycles. The Morgan fingerprint density at radius 1 is 1.06 bits per heavy atom. The van der Waals surface area contributed by atoms with E-state index in [0.717, 1.165) is 4.90 Å². The molecule has 1 saturated heterocycles. The van der Waals surface area contributed by atoms with Gasteiger partial charge >= 0.3 is 0 Å². The molecule has 2 N–H and O–H groups in total. The van der Waals surface area contributed by atoms with Gasteiger partial charge in [0.1, 0.15) is 17.9 Å². The first-order chi connectivity index (χ1) is 15.4. The van der Waals surface area contributed by atoms with Crippen molar-refractivity contribution in [2.24, 2.45) is 5.92 Å². The summed E-state index contributed by atoms with van der Waals surface area (Å²) in [5.74, 6) is 0.206. The van der Waals surface area contributed by atoms with Gasteiger partial charge in [0.2, 0.25) is 17.6 Å². The lowest BCUT2D eigenvalue weighted by Crippen LogP contribution is -2.55. The number of methoxy groups -OCH3 is 3. The normalized spacial score (nSPS) is 23.8. The molecule has 2 aliphatic rings. The number of nitrogens with one attached hydrogen (secondary N) is 1. The molecule has 2 amide bonds. The van der Waals surface area contributed by atoms with Crippen LogP contribution in [0, 0.1) is 5.92 Å². The summed E-state index contributed by atoms with van der Waals surface area (Å²) in [5, 5.41) is 12.6. The van der Waals surface area contributed by atoms with Crippen molar-refractivity contribution < 1.29 is 33.3 Å². The Bertz CT molecular complexity index is 1010. The summed E-state index contributed by atoms with van der Waals surface area (Å²) in [6.45, 7) is 0. The number of rotatable bonds is 7. The van der Waals surface area contributed by atoms with E-state index < -0.39 is 24.1 Å². The average molecular weight is 443 g/mol. The Labute approximate surface area is 184 Å². The molecular weight excluding hydrogens is 418 g/mol. The summed E-state index contributed by atoms with van der Waals surface area (Å²) in [6.07, 6.45) is 3.73. The first kappa shape index (κ1) is 21.7. The number of aliphatic hydroxyl groups excluding tert-OH is 1. The van der Waals surface area contributed by atoms with Crippen molar-refractivity contribution in [1.29, 1.82) is 0 Å². The van der Waals surface area contributed by atoms with Gasteiger partial charge in [-0.2, -0.15) is 0 Å². The number of fused-ring (bicyclic) bond motifs is 1. The van der Waals surface area contributed by atoms with Crippen LogP contribution in [0.4, 0.5) is 5.69 Å². The number of furan rings is 1. The highest BCUT2D eigenvalue weighted by molar-refractivity contribution is 6.08. The molecule has 4 atom stereocenters. The van der Waals surface area contributed by atoms with E-state index in [1.807, 2.05) is 0 Å². The van der Waals surface area contributed by atoms with E-state index in [9.17, 15) is 14.7 Å². The smallest absolute Gasteiger partial charge is 0.249 e. The van der Waals surface area contributed by atoms with Gasteiger partial charge in [0.15, 0.2) is 11.5 Å². The number of carbonyl (C=O) groups excluding carboxylic acids is 2. The molecule has 0 bridgehead atoms. The summed E-state index contributed by atoms with van der Waals surface area (Å²) in [4.78, 5) is 26.7. The monoisotopic (exact) mass is 443 g/mol. The first-order valence-electron chi connectivity index (χ1n) is 9.97. The molecule has 0 spiro atoms. The van der Waals surface area contributed by atoms with Crippen LogP contribution in [0.1, 0.15) is 11.9 Å². The number of anilines is 1. The number of benzene rings is 1. The van der Waals surface area contributed by atoms with Crippen LogP contribution in [-0.2, 0) is 9.59 Å². The summed E-state index contributed by atoms with van der Waals surface area (Å²) in [6, 6.07) is 5.11. The number of hydrogen-bond donors (Lipinski definition) is 2. The van der Waals surface area contributed by atoms with Crippen LogP contribution >= 0.6 is 0 Å². The van der Waals surface area contributed by atoms with Crippen LogP contribution in [0.15, 0.2) is 47.1 Å². The summed E-state index contributed by atoms with van der Waals surface area (Å²) < 4.78 is 21.6. The predicted molar refractivity (Wildman–Crippen MR) is 113 cm³/mol. The number of hydrogen-bond acceptors (Lipinski definition) is 9. The molecule has 0 aliphatic carbocycles. The Morgan fingerprint density at radius 3 is 2.31 bits per heavy atom. The van der Waals surface area contributed by atoms with E-state index >= 15 is 0 Å². The fourth-order valence-corrected chi connectivity index (χ4v) is 4.13. The highest BCUT2D eigenvalue weighted by Gasteiger charge is 2.52. The minimum absolute atomic E-state index is 0.307. The molecule has 4 unspecified atom stereocenters. The van der Waals surface area contributed by atoms with Gasteiger partial charge in [-0.25, -0.2) is 5.01 Å². The van der Waals surface area contributed by atoms with Crippen LogP contribution in [0.5, 0.6) is 17.2 Å². The van der Waals surface area contributed by atoms with Gasteiger partial charge in [-0.1, -0.05) is 12.2 Å². The van der Waals surface area contributed by atoms with Gasteiger partial charge in [0.05, 0.1) is 45.2 Å². The quantitative estimate of drug-likeness (QED) is 0.486. The molecule has 4 rings (SSSR count). The molecule has 0 saturated carbocycles. The topological polar surface area (TPSA) is 114 Å². The predicted octanol–water partition coefficient (Wildman–Crippen LogP) is 1.59. The van der Waals surface area contributed by atoms with E-state index in [4.69, 9.17) is 18.6 Å². The highest BCUT2D eigenvalue weighted by atomic mass is 16.5. The minimum Gasteiger partial charge on any atom is -0.493 e. The van der Waals surface area contributed by atoms with Crippen LogP contribution in [0.25, 0.3) is 0 Å². The van der Waals surface area contributed by atoms with Gasteiger partial charge < -0.3 is 29.2 Å². The van der Waals surface area contributed by atoms with Gasteiger partial charge in [-0.3, -0.25) is 14.5 Å². The van der Waals surface area contributed by atoms with Crippen molar-refractivity contribution in [3.05, 3.63) is 48.4 Å². The molecule has 3 heterocycles. The van der Waals surface area contributed by atoms with Crippen molar-refractivity contribution >= 4 is 17.5 Å². The van der Waals surface area contributed by atoms with E-state index in [0.29, 0.717) is 28.7 Å². The number of aliphatic hydroxyl groups is 1. The maximum absolute atomic E-state index is 13.0. The molecule has 1 fully saturated rings. The molecule has 170 valence electrons. The lowest BCUT2D eigenvalue weighted by atomic mass is 9.92. The highest BCUT2D eigenvalue weighted by Crippen LogP contribution is 2.41. The molecule has 10 nitrogen and oxygen atoms in total. The van der Waals surface area contributed by atoms with E-state index in [1.165, 1.54) is 34.6 Å². The molecule has 10 heteroatoms. The fourth-order valence-electron chi connectivity index (χ4n) is 4.13. The zero-order valence-electron chi connectivity index (χ0n) is 18.1. The van der Waals surface area contributed by atoms with Gasteiger partial charge in [0, 0.05) is 19.2 Å². The maximum atomic E-state index is 13.0. The molecule has 0 radical (unpaired) electrons. The third kappa shape index (κ3) is 3.47. The summed E-state index contributed by atoms with van der Waals surface area (Å²) in [7, 11) is 5.95. The lowest BCUT2D eigenvalue weighted by Gasteiger charge is -2.40. The maximum Gasteiger partial charge on any atom is 0.249 e. The van der Waals surface area contributed by atoms with Gasteiger partial charge in [-0.05, 0) is 12.1 Å². The Morgan fingerprint density at radius 2 is 1.75 bits per heavy atom. The SMILES string of the molecule is COc1cc(NN2C(C(O)c3ccco3)C=CC3C(=O)N(C)C(=O)C32)cc(OC)c1OC. The van der Waals surface area contributed by atoms with Crippen molar-refractivity contribution in [3.63, 3.8) is 0 Å². The largest absolute Gasteiger partial charge is 0.493 e. The van der Waals surface area contributed by atoms with Crippen LogP contribution in [0.3, 0.4) is 0 Å². The van der Waals surface area contributed by atoms with E-state index in [-0.39, 0.29) is 11.8 Å². The Hall–Kier alpha value is -3.50. The first-order valence-corrected chi connectivity index (χ1v) is 9.97. The molecule has 32 heavy (non-hydrogen) atoms. The van der Waals surface area contributed by atoms with Crippen molar-refractivity contribution in [2.45, 2.75) is 18.2 Å². The standard InChI is InChI=1S/C22H25N3O7/c1-24-21(27)13-7-8-14(19(26)15-6-5-9-32-15)25(18(13)22(24)28)23-12-10-16(29-2)20(31-4)17(11-12)30-3/h5-11,13-14,18-19,23,26H,1-4H3. The van der Waals surface area contributed by atoms with E-state index in [1.54, 1.807) is 41.4 Å². The number of amides is 2. The number of carbonyl (C=O) groups is 2.